The molecule has 0 bridgehead atoms. The maximum atomic E-state index is 14.0. The Kier molecular flexibility index (Phi) is 8.63. The van der Waals surface area contributed by atoms with Crippen LogP contribution in [0.15, 0.2) is 65.8 Å². The van der Waals surface area contributed by atoms with Crippen molar-refractivity contribution in [3.05, 3.63) is 83.4 Å². The molecule has 2 aliphatic rings. The second-order valence-corrected chi connectivity index (χ2v) is 13.9. The Morgan fingerprint density at radius 1 is 1.02 bits per heavy atom. The van der Waals surface area contributed by atoms with Gasteiger partial charge in [0.15, 0.2) is 0 Å². The van der Waals surface area contributed by atoms with Crippen LogP contribution in [0.25, 0.3) is 0 Å². The lowest BCUT2D eigenvalue weighted by molar-refractivity contribution is -0.376. The smallest absolute Gasteiger partial charge is 0.430 e. The average molecular weight is 691 g/mol. The quantitative estimate of drug-likeness (QED) is 0.305. The summed E-state index contributed by atoms with van der Waals surface area (Å²) in [4.78, 5) is 17.2. The Balaban J connectivity index is 1.54. The molecule has 0 amide bonds. The molecule has 0 aliphatic carbocycles. The number of benzene rings is 2. The van der Waals surface area contributed by atoms with Crippen molar-refractivity contribution >= 4 is 21.5 Å². The summed E-state index contributed by atoms with van der Waals surface area (Å²) < 4.78 is 130. The lowest BCUT2D eigenvalue weighted by Crippen LogP contribution is -2.54. The molecule has 3 atom stereocenters. The van der Waals surface area contributed by atoms with E-state index in [4.69, 9.17) is 4.74 Å². The van der Waals surface area contributed by atoms with Gasteiger partial charge in [-0.15, -0.1) is 0 Å². The summed E-state index contributed by atoms with van der Waals surface area (Å²) in [6.07, 6.45) is -11.8. The highest BCUT2D eigenvalue weighted by molar-refractivity contribution is 7.92. The first-order valence-electron chi connectivity index (χ1n) is 14.3. The Hall–Kier alpha value is -3.76. The predicted molar refractivity (Wildman–Crippen MR) is 153 cm³/mol. The third-order valence-corrected chi connectivity index (χ3v) is 10.5. The Morgan fingerprint density at radius 3 is 2.28 bits per heavy atom. The van der Waals surface area contributed by atoms with Gasteiger partial charge < -0.3 is 14.9 Å². The van der Waals surface area contributed by atoms with Crippen LogP contribution in [0.1, 0.15) is 55.7 Å². The summed E-state index contributed by atoms with van der Waals surface area (Å²) in [7, 11) is -4.68. The summed E-state index contributed by atoms with van der Waals surface area (Å²) in [5.41, 5.74) is -8.03. The van der Waals surface area contributed by atoms with E-state index in [0.717, 1.165) is 34.6 Å². The number of hydrogen-bond acceptors (Lipinski definition) is 7. The van der Waals surface area contributed by atoms with Gasteiger partial charge in [0, 0.05) is 42.3 Å². The van der Waals surface area contributed by atoms with Gasteiger partial charge in [0.1, 0.15) is 29.1 Å². The first-order valence-corrected chi connectivity index (χ1v) is 15.7. The van der Waals surface area contributed by atoms with Crippen LogP contribution in [-0.4, -0.2) is 59.5 Å². The number of carbonyl (C=O) groups excluding carboxylic acids is 1. The number of hydrogen-bond donors (Lipinski definition) is 2. The standard InChI is InChI=1S/C31H29F7N2O6S/c1-28(2)27(42)23(24-16-39-12-11-26(24)46-28)15-21(41)14-20-7-3-17-13-18(29(43,30(33,34)35)31(36,37)38)4-10-25(17)40(20)47(44,45)22-8-5-19(32)6-9-22/h4-6,8-13,16,20,23,27,42-43H,3,7,14-15H2,1-2H3/t20-,23-,27+/m0/s1. The molecule has 0 saturated carbocycles. The molecule has 2 aliphatic heterocycles. The van der Waals surface area contributed by atoms with Gasteiger partial charge in [-0.1, -0.05) is 12.1 Å². The van der Waals surface area contributed by atoms with E-state index in [1.54, 1.807) is 19.9 Å². The number of aromatic nitrogens is 1. The SMILES string of the molecule is CC1(C)Oc2ccncc2[C@H](CC(=O)C[C@@H]2CCc3cc(C(O)(C(F)(F)F)C(F)(F)F)ccc3N2S(=O)(=O)c2ccc(F)cc2)[C@H]1O. The Bertz CT molecular complexity index is 1760. The van der Waals surface area contributed by atoms with E-state index in [9.17, 15) is 54.2 Å². The lowest BCUT2D eigenvalue weighted by Gasteiger charge is -2.42. The van der Waals surface area contributed by atoms with Crippen LogP contribution in [0.4, 0.5) is 36.4 Å². The number of alkyl halides is 6. The maximum Gasteiger partial charge on any atom is 0.430 e. The fourth-order valence-corrected chi connectivity index (χ4v) is 7.87. The number of nitrogens with zero attached hydrogens (tertiary/aromatic N) is 2. The number of ether oxygens (including phenoxy) is 1. The zero-order valence-corrected chi connectivity index (χ0v) is 25.6. The largest absolute Gasteiger partial charge is 0.485 e. The fourth-order valence-electron chi connectivity index (χ4n) is 6.16. The molecule has 2 aromatic carbocycles. The first kappa shape index (κ1) is 34.6. The van der Waals surface area contributed by atoms with Gasteiger partial charge in [-0.05, 0) is 68.7 Å². The van der Waals surface area contributed by atoms with E-state index in [-0.39, 0.29) is 30.5 Å². The molecule has 47 heavy (non-hydrogen) atoms. The highest BCUT2D eigenvalue weighted by Gasteiger charge is 2.71. The minimum Gasteiger partial charge on any atom is -0.485 e. The number of rotatable bonds is 7. The summed E-state index contributed by atoms with van der Waals surface area (Å²) in [5.74, 6) is -1.67. The van der Waals surface area contributed by atoms with E-state index in [2.05, 4.69) is 4.98 Å². The van der Waals surface area contributed by atoms with Gasteiger partial charge in [-0.25, -0.2) is 12.8 Å². The minimum atomic E-state index is -6.17. The monoisotopic (exact) mass is 690 g/mol. The molecule has 3 aromatic rings. The van der Waals surface area contributed by atoms with Gasteiger partial charge in [0.2, 0.25) is 0 Å². The van der Waals surface area contributed by atoms with Crippen LogP contribution < -0.4 is 9.04 Å². The number of pyridine rings is 1. The average Bonchev–Trinajstić information content (AvgIpc) is 2.97. The molecule has 3 heterocycles. The molecule has 0 fully saturated rings. The lowest BCUT2D eigenvalue weighted by atomic mass is 9.78. The zero-order valence-electron chi connectivity index (χ0n) is 24.8. The number of sulfonamides is 1. The third kappa shape index (κ3) is 6.06. The number of Topliss-reactive ketones (excluding diaryl/α,β-unsaturated/α-hetero) is 1. The van der Waals surface area contributed by atoms with Crippen molar-refractivity contribution in [2.75, 3.05) is 4.31 Å². The fraction of sp³-hybridized carbons (Fsp3) is 0.419. The number of aryl methyl sites for hydroxylation is 1. The van der Waals surface area contributed by atoms with Crippen LogP contribution in [0.3, 0.4) is 0 Å². The van der Waals surface area contributed by atoms with E-state index in [1.807, 2.05) is 0 Å². The molecule has 0 spiro atoms. The van der Waals surface area contributed by atoms with Crippen molar-refractivity contribution in [2.45, 2.75) is 86.0 Å². The molecule has 0 saturated heterocycles. The van der Waals surface area contributed by atoms with Crippen molar-refractivity contribution in [3.63, 3.8) is 0 Å². The number of carbonyl (C=O) groups is 1. The summed E-state index contributed by atoms with van der Waals surface area (Å²) in [6.45, 7) is 3.25. The number of aliphatic hydroxyl groups excluding tert-OH is 1. The molecule has 8 nitrogen and oxygen atoms in total. The molecule has 16 heteroatoms. The Labute approximate surface area is 264 Å². The summed E-state index contributed by atoms with van der Waals surface area (Å²) in [6, 6.07) is 5.48. The van der Waals surface area contributed by atoms with E-state index in [0.29, 0.717) is 23.4 Å². The number of fused-ring (bicyclic) bond motifs is 2. The first-order chi connectivity index (χ1) is 21.7. The second-order valence-electron chi connectivity index (χ2n) is 12.1. The van der Waals surface area contributed by atoms with Crippen molar-refractivity contribution in [3.8, 4) is 5.75 Å². The normalized spacial score (nSPS) is 21.4. The molecular weight excluding hydrogens is 661 g/mol. The number of ketones is 1. The predicted octanol–water partition coefficient (Wildman–Crippen LogP) is 5.71. The van der Waals surface area contributed by atoms with Crippen LogP contribution in [-0.2, 0) is 26.8 Å². The van der Waals surface area contributed by atoms with Crippen molar-refractivity contribution in [2.24, 2.45) is 0 Å². The third-order valence-electron chi connectivity index (χ3n) is 8.59. The molecule has 5 rings (SSSR count). The van der Waals surface area contributed by atoms with Crippen LogP contribution in [0.5, 0.6) is 5.75 Å². The van der Waals surface area contributed by atoms with Crippen LogP contribution in [0, 0.1) is 5.82 Å². The molecule has 254 valence electrons. The van der Waals surface area contributed by atoms with Crippen molar-refractivity contribution in [1.29, 1.82) is 0 Å². The van der Waals surface area contributed by atoms with Crippen LogP contribution in [0.2, 0.25) is 0 Å². The highest BCUT2D eigenvalue weighted by atomic mass is 32.2. The molecular formula is C31H29F7N2O6S. The molecule has 2 N–H and O–H groups in total. The minimum absolute atomic E-state index is 0.209. The van der Waals surface area contributed by atoms with Gasteiger partial charge in [-0.3, -0.25) is 14.1 Å². The second kappa shape index (κ2) is 11.7. The topological polar surface area (TPSA) is 117 Å². The van der Waals surface area contributed by atoms with Gasteiger partial charge in [0.25, 0.3) is 15.6 Å². The zero-order chi connectivity index (χ0) is 34.7. The number of anilines is 1. The summed E-state index contributed by atoms with van der Waals surface area (Å²) >= 11 is 0. The Morgan fingerprint density at radius 2 is 1.66 bits per heavy atom. The molecule has 1 aromatic heterocycles. The molecule has 0 radical (unpaired) electrons. The number of aliphatic hydroxyl groups is 2. The van der Waals surface area contributed by atoms with E-state index >= 15 is 0 Å². The summed E-state index contributed by atoms with van der Waals surface area (Å²) in [5, 5.41) is 21.0. The van der Waals surface area contributed by atoms with Crippen molar-refractivity contribution in [1.82, 2.24) is 4.98 Å². The number of halogens is 7. The van der Waals surface area contributed by atoms with E-state index in [1.165, 1.54) is 12.4 Å². The van der Waals surface area contributed by atoms with Crippen LogP contribution >= 0.6 is 0 Å². The van der Waals surface area contributed by atoms with Gasteiger partial charge >= 0.3 is 12.4 Å². The molecule has 0 unspecified atom stereocenters. The van der Waals surface area contributed by atoms with Gasteiger partial charge in [-0.2, -0.15) is 26.3 Å². The van der Waals surface area contributed by atoms with Crippen molar-refractivity contribution < 1.29 is 58.9 Å². The highest BCUT2D eigenvalue weighted by Crippen LogP contribution is 2.51. The van der Waals surface area contributed by atoms with Gasteiger partial charge in [0.05, 0.1) is 16.6 Å². The maximum absolute atomic E-state index is 14.0. The van der Waals surface area contributed by atoms with E-state index < -0.39 is 80.1 Å².